The van der Waals surface area contributed by atoms with Crippen molar-refractivity contribution in [1.82, 2.24) is 9.78 Å². The summed E-state index contributed by atoms with van der Waals surface area (Å²) < 4.78 is 1.39. The number of nitro groups is 1. The molecule has 17 heavy (non-hydrogen) atoms. The minimum absolute atomic E-state index is 0.0399. The lowest BCUT2D eigenvalue weighted by Crippen LogP contribution is -1.96. The van der Waals surface area contributed by atoms with Gasteiger partial charge < -0.3 is 0 Å². The molecule has 6 heteroatoms. The first kappa shape index (κ1) is 11.6. The molecule has 1 heterocycles. The Morgan fingerprint density at radius 2 is 2.06 bits per heavy atom. The van der Waals surface area contributed by atoms with Gasteiger partial charge in [0.25, 0.3) is 0 Å². The second-order valence-corrected chi connectivity index (χ2v) is 3.80. The van der Waals surface area contributed by atoms with Crippen LogP contribution >= 0.6 is 11.6 Å². The number of hydrogen-bond acceptors (Lipinski definition) is 3. The van der Waals surface area contributed by atoms with Gasteiger partial charge in [0.2, 0.25) is 5.15 Å². The number of para-hydroxylation sites is 1. The van der Waals surface area contributed by atoms with E-state index in [4.69, 9.17) is 11.6 Å². The van der Waals surface area contributed by atoms with Crippen LogP contribution in [-0.4, -0.2) is 14.7 Å². The summed E-state index contributed by atoms with van der Waals surface area (Å²) >= 11 is 6.00. The first-order valence-electron chi connectivity index (χ1n) is 5.12. The molecule has 0 amide bonds. The Hall–Kier alpha value is -1.88. The second-order valence-electron chi connectivity index (χ2n) is 3.44. The highest BCUT2D eigenvalue weighted by molar-refractivity contribution is 6.32. The number of halogens is 1. The summed E-state index contributed by atoms with van der Waals surface area (Å²) in [6.45, 7) is 1.81. The van der Waals surface area contributed by atoms with Crippen LogP contribution in [0.5, 0.6) is 0 Å². The molecule has 1 aromatic carbocycles. The molecule has 1 aromatic heterocycles. The molecule has 2 rings (SSSR count). The van der Waals surface area contributed by atoms with Crippen molar-refractivity contribution in [2.24, 2.45) is 0 Å². The summed E-state index contributed by atoms with van der Waals surface area (Å²) in [4.78, 5) is 10.4. The summed E-state index contributed by atoms with van der Waals surface area (Å²) in [6, 6.07) is 9.09. The Kier molecular flexibility index (Phi) is 3.10. The fraction of sp³-hybridized carbons (Fsp3) is 0.182. The number of nitrogens with zero attached hydrogens (tertiary/aromatic N) is 3. The summed E-state index contributed by atoms with van der Waals surface area (Å²) in [5, 5.41) is 15.1. The van der Waals surface area contributed by atoms with E-state index in [-0.39, 0.29) is 10.8 Å². The van der Waals surface area contributed by atoms with Gasteiger partial charge in [-0.25, -0.2) is 4.68 Å². The predicted molar refractivity (Wildman–Crippen MR) is 64.6 cm³/mol. The third-order valence-electron chi connectivity index (χ3n) is 2.39. The van der Waals surface area contributed by atoms with Crippen LogP contribution < -0.4 is 0 Å². The van der Waals surface area contributed by atoms with E-state index >= 15 is 0 Å². The van der Waals surface area contributed by atoms with Gasteiger partial charge in [-0.1, -0.05) is 36.7 Å². The lowest BCUT2D eigenvalue weighted by Gasteiger charge is -2.00. The standard InChI is InChI=1S/C11H10ClN3O2/c1-2-9-10(15(16)17)11(12)14(13-9)8-6-4-3-5-7-8/h3-7H,2H2,1H3. The third-order valence-corrected chi connectivity index (χ3v) is 2.73. The summed E-state index contributed by atoms with van der Waals surface area (Å²) in [6.07, 6.45) is 0.468. The molecule has 0 aliphatic rings. The molecular formula is C11H10ClN3O2. The van der Waals surface area contributed by atoms with Crippen LogP contribution in [0.3, 0.4) is 0 Å². The quantitative estimate of drug-likeness (QED) is 0.622. The van der Waals surface area contributed by atoms with Crippen molar-refractivity contribution in [1.29, 1.82) is 0 Å². The molecule has 0 N–H and O–H groups in total. The maximum Gasteiger partial charge on any atom is 0.329 e. The van der Waals surface area contributed by atoms with Gasteiger partial charge >= 0.3 is 5.69 Å². The van der Waals surface area contributed by atoms with Crippen molar-refractivity contribution < 1.29 is 4.92 Å². The molecule has 0 bridgehead atoms. The molecule has 0 saturated heterocycles. The SMILES string of the molecule is CCc1nn(-c2ccccc2)c(Cl)c1[N+](=O)[O-]. The monoisotopic (exact) mass is 251 g/mol. The highest BCUT2D eigenvalue weighted by atomic mass is 35.5. The normalized spacial score (nSPS) is 10.5. The van der Waals surface area contributed by atoms with E-state index in [2.05, 4.69) is 5.10 Å². The molecule has 0 atom stereocenters. The minimum Gasteiger partial charge on any atom is -0.258 e. The number of benzene rings is 1. The van der Waals surface area contributed by atoms with Crippen LogP contribution in [0.25, 0.3) is 5.69 Å². The molecule has 0 aliphatic carbocycles. The molecule has 0 unspecified atom stereocenters. The Morgan fingerprint density at radius 1 is 1.41 bits per heavy atom. The van der Waals surface area contributed by atoms with E-state index < -0.39 is 4.92 Å². The van der Waals surface area contributed by atoms with E-state index in [1.165, 1.54) is 4.68 Å². The van der Waals surface area contributed by atoms with Crippen molar-refractivity contribution in [2.75, 3.05) is 0 Å². The first-order valence-corrected chi connectivity index (χ1v) is 5.50. The molecular weight excluding hydrogens is 242 g/mol. The number of rotatable bonds is 3. The molecule has 2 aromatic rings. The van der Waals surface area contributed by atoms with Crippen LogP contribution in [0, 0.1) is 10.1 Å². The molecule has 0 spiro atoms. The van der Waals surface area contributed by atoms with Gasteiger partial charge in [0, 0.05) is 0 Å². The molecule has 5 nitrogen and oxygen atoms in total. The van der Waals surface area contributed by atoms with E-state index in [9.17, 15) is 10.1 Å². The number of aromatic nitrogens is 2. The van der Waals surface area contributed by atoms with Crippen molar-refractivity contribution in [3.05, 3.63) is 51.3 Å². The average molecular weight is 252 g/mol. The highest BCUT2D eigenvalue weighted by Crippen LogP contribution is 2.30. The van der Waals surface area contributed by atoms with Crippen molar-refractivity contribution in [3.63, 3.8) is 0 Å². The zero-order chi connectivity index (χ0) is 12.4. The summed E-state index contributed by atoms with van der Waals surface area (Å²) in [7, 11) is 0. The number of hydrogen-bond donors (Lipinski definition) is 0. The minimum atomic E-state index is -0.492. The van der Waals surface area contributed by atoms with Gasteiger partial charge in [-0.2, -0.15) is 5.10 Å². The highest BCUT2D eigenvalue weighted by Gasteiger charge is 2.25. The van der Waals surface area contributed by atoms with E-state index in [1.807, 2.05) is 18.2 Å². The van der Waals surface area contributed by atoms with Gasteiger partial charge in [0.15, 0.2) is 0 Å². The molecule has 0 radical (unpaired) electrons. The first-order chi connectivity index (χ1) is 8.15. The second kappa shape index (κ2) is 4.55. The van der Waals surface area contributed by atoms with Gasteiger partial charge in [-0.3, -0.25) is 10.1 Å². The Morgan fingerprint density at radius 3 is 2.53 bits per heavy atom. The lowest BCUT2D eigenvalue weighted by atomic mass is 10.3. The van der Waals surface area contributed by atoms with Crippen molar-refractivity contribution >= 4 is 17.3 Å². The van der Waals surface area contributed by atoms with Crippen LogP contribution in [-0.2, 0) is 6.42 Å². The average Bonchev–Trinajstić information content (AvgIpc) is 2.67. The summed E-state index contributed by atoms with van der Waals surface area (Å²) in [5.74, 6) is 0. The fourth-order valence-corrected chi connectivity index (χ4v) is 1.90. The molecule has 0 aliphatic heterocycles. The van der Waals surface area contributed by atoms with Crippen LogP contribution in [0.15, 0.2) is 30.3 Å². The van der Waals surface area contributed by atoms with Gasteiger partial charge in [0.1, 0.15) is 5.69 Å². The molecule has 0 saturated carbocycles. The Labute approximate surface area is 103 Å². The van der Waals surface area contributed by atoms with Gasteiger partial charge in [0.05, 0.1) is 10.6 Å². The topological polar surface area (TPSA) is 61.0 Å². The van der Waals surface area contributed by atoms with Gasteiger partial charge in [-0.05, 0) is 18.6 Å². The van der Waals surface area contributed by atoms with Gasteiger partial charge in [-0.15, -0.1) is 0 Å². The van der Waals surface area contributed by atoms with Crippen molar-refractivity contribution in [2.45, 2.75) is 13.3 Å². The van der Waals surface area contributed by atoms with Crippen LogP contribution in [0.1, 0.15) is 12.6 Å². The Bertz CT molecular complexity index is 551. The molecule has 0 fully saturated rings. The zero-order valence-corrected chi connectivity index (χ0v) is 9.89. The fourth-order valence-electron chi connectivity index (χ4n) is 1.59. The number of aryl methyl sites for hydroxylation is 1. The van der Waals surface area contributed by atoms with Crippen LogP contribution in [0.4, 0.5) is 5.69 Å². The van der Waals surface area contributed by atoms with E-state index in [0.717, 1.165) is 0 Å². The van der Waals surface area contributed by atoms with E-state index in [0.29, 0.717) is 17.8 Å². The summed E-state index contributed by atoms with van der Waals surface area (Å²) in [5.41, 5.74) is 0.988. The zero-order valence-electron chi connectivity index (χ0n) is 9.13. The van der Waals surface area contributed by atoms with Crippen LogP contribution in [0.2, 0.25) is 5.15 Å². The maximum absolute atomic E-state index is 10.9. The lowest BCUT2D eigenvalue weighted by molar-refractivity contribution is -0.385. The largest absolute Gasteiger partial charge is 0.329 e. The molecule has 88 valence electrons. The maximum atomic E-state index is 10.9. The predicted octanol–water partition coefficient (Wildman–Crippen LogP) is 3.00. The third kappa shape index (κ3) is 2.01. The van der Waals surface area contributed by atoms with E-state index in [1.54, 1.807) is 19.1 Å². The smallest absolute Gasteiger partial charge is 0.258 e. The Balaban J connectivity index is 2.61. The van der Waals surface area contributed by atoms with Crippen molar-refractivity contribution in [3.8, 4) is 5.69 Å².